The van der Waals surface area contributed by atoms with Gasteiger partial charge in [0.05, 0.1) is 24.6 Å². The van der Waals surface area contributed by atoms with E-state index in [9.17, 15) is 0 Å². The summed E-state index contributed by atoms with van der Waals surface area (Å²) in [4.78, 5) is 15.6. The van der Waals surface area contributed by atoms with Gasteiger partial charge in [0.15, 0.2) is 5.96 Å². The highest BCUT2D eigenvalue weighted by Gasteiger charge is 2.28. The third-order valence-corrected chi connectivity index (χ3v) is 5.34. The molecule has 1 saturated heterocycles. The van der Waals surface area contributed by atoms with Crippen LogP contribution in [-0.2, 0) is 6.54 Å². The quantitative estimate of drug-likeness (QED) is 0.331. The Morgan fingerprint density at radius 3 is 2.86 bits per heavy atom. The number of aromatic nitrogens is 3. The van der Waals surface area contributed by atoms with Crippen LogP contribution in [0.2, 0.25) is 0 Å². The van der Waals surface area contributed by atoms with Crippen molar-refractivity contribution in [2.45, 2.75) is 25.9 Å². The molecular weight excluding hydrogens is 479 g/mol. The van der Waals surface area contributed by atoms with Gasteiger partial charge in [0, 0.05) is 38.1 Å². The number of nitrogens with one attached hydrogen (secondary N) is 1. The maximum absolute atomic E-state index is 5.63. The molecule has 0 radical (unpaired) electrons. The van der Waals surface area contributed by atoms with Crippen molar-refractivity contribution in [3.63, 3.8) is 0 Å². The number of likely N-dealkylation sites (tertiary alicyclic amines) is 1. The molecule has 1 aliphatic heterocycles. The number of guanidine groups is 1. The van der Waals surface area contributed by atoms with Crippen LogP contribution in [0, 0.1) is 5.92 Å². The lowest BCUT2D eigenvalue weighted by Gasteiger charge is -2.39. The van der Waals surface area contributed by atoms with Crippen molar-refractivity contribution < 1.29 is 4.42 Å². The van der Waals surface area contributed by atoms with Crippen molar-refractivity contribution >= 4 is 29.9 Å². The van der Waals surface area contributed by atoms with Crippen LogP contribution in [-0.4, -0.2) is 45.5 Å². The lowest BCUT2D eigenvalue weighted by Crippen LogP contribution is -2.48. The maximum Gasteiger partial charge on any atom is 0.226 e. The van der Waals surface area contributed by atoms with Crippen molar-refractivity contribution in [3.8, 4) is 11.5 Å². The van der Waals surface area contributed by atoms with Gasteiger partial charge in [0.2, 0.25) is 5.89 Å². The lowest BCUT2D eigenvalue weighted by atomic mass is 9.93. The summed E-state index contributed by atoms with van der Waals surface area (Å²) in [5.41, 5.74) is 1.84. The fraction of sp³-hybridized carbons (Fsp3) is 0.381. The Labute approximate surface area is 188 Å². The first kappa shape index (κ1) is 21.4. The van der Waals surface area contributed by atoms with Gasteiger partial charge < -0.3 is 19.2 Å². The number of oxazole rings is 1. The zero-order valence-electron chi connectivity index (χ0n) is 16.7. The molecule has 2 atom stereocenters. The first-order chi connectivity index (χ1) is 13.7. The normalized spacial score (nSPS) is 19.7. The minimum absolute atomic E-state index is 0. The van der Waals surface area contributed by atoms with Gasteiger partial charge >= 0.3 is 0 Å². The fourth-order valence-electron chi connectivity index (χ4n) is 3.70. The average molecular weight is 506 g/mol. The van der Waals surface area contributed by atoms with Gasteiger partial charge in [-0.2, -0.15) is 0 Å². The Bertz CT molecular complexity index is 908. The number of halogens is 1. The highest BCUT2D eigenvalue weighted by atomic mass is 127. The van der Waals surface area contributed by atoms with Gasteiger partial charge in [-0.3, -0.25) is 4.99 Å². The summed E-state index contributed by atoms with van der Waals surface area (Å²) in [6.07, 6.45) is 8.61. The molecule has 8 heteroatoms. The van der Waals surface area contributed by atoms with E-state index in [1.54, 1.807) is 6.26 Å². The molecule has 0 saturated carbocycles. The summed E-state index contributed by atoms with van der Waals surface area (Å²) < 4.78 is 7.83. The van der Waals surface area contributed by atoms with E-state index in [1.807, 2.05) is 56.1 Å². The Morgan fingerprint density at radius 1 is 1.31 bits per heavy atom. The van der Waals surface area contributed by atoms with E-state index >= 15 is 0 Å². The number of rotatable bonds is 4. The highest BCUT2D eigenvalue weighted by molar-refractivity contribution is 14.0. The highest BCUT2D eigenvalue weighted by Crippen LogP contribution is 2.27. The summed E-state index contributed by atoms with van der Waals surface area (Å²) in [6, 6.07) is 10.3. The van der Waals surface area contributed by atoms with Gasteiger partial charge in [0.1, 0.15) is 6.26 Å². The number of piperidine rings is 1. The van der Waals surface area contributed by atoms with Crippen LogP contribution in [0.15, 0.2) is 64.7 Å². The molecule has 0 bridgehead atoms. The monoisotopic (exact) mass is 506 g/mol. The van der Waals surface area contributed by atoms with E-state index in [0.717, 1.165) is 36.7 Å². The Kier molecular flexibility index (Phi) is 7.29. The van der Waals surface area contributed by atoms with Crippen molar-refractivity contribution in [3.05, 3.63) is 61.0 Å². The molecule has 154 valence electrons. The number of nitrogens with zero attached hydrogens (tertiary/aromatic N) is 5. The number of imidazole rings is 1. The molecule has 0 aliphatic carbocycles. The summed E-state index contributed by atoms with van der Waals surface area (Å²) in [5, 5.41) is 3.43. The van der Waals surface area contributed by atoms with E-state index in [2.05, 4.69) is 36.7 Å². The van der Waals surface area contributed by atoms with Crippen molar-refractivity contribution in [2.24, 2.45) is 10.9 Å². The second-order valence-corrected chi connectivity index (χ2v) is 7.20. The third kappa shape index (κ3) is 4.98. The first-order valence-corrected chi connectivity index (χ1v) is 9.67. The first-order valence-electron chi connectivity index (χ1n) is 9.67. The van der Waals surface area contributed by atoms with Crippen LogP contribution in [0.25, 0.3) is 11.5 Å². The van der Waals surface area contributed by atoms with Crippen LogP contribution in [0.3, 0.4) is 0 Å². The minimum Gasteiger partial charge on any atom is -0.444 e. The average Bonchev–Trinajstić information content (AvgIpc) is 3.42. The van der Waals surface area contributed by atoms with Gasteiger partial charge in [0.25, 0.3) is 0 Å². The molecule has 2 aromatic heterocycles. The summed E-state index contributed by atoms with van der Waals surface area (Å²) >= 11 is 0. The zero-order valence-corrected chi connectivity index (χ0v) is 19.1. The molecule has 29 heavy (non-hydrogen) atoms. The largest absolute Gasteiger partial charge is 0.444 e. The maximum atomic E-state index is 5.63. The summed E-state index contributed by atoms with van der Waals surface area (Å²) in [6.45, 7) is 4.77. The Balaban J connectivity index is 0.00000240. The predicted octanol–water partition coefficient (Wildman–Crippen LogP) is 3.81. The molecule has 0 amide bonds. The van der Waals surface area contributed by atoms with Crippen molar-refractivity contribution in [1.82, 2.24) is 24.8 Å². The molecule has 3 aromatic rings. The standard InChI is InChI=1S/C21H26N6O.HI/c1-16-8-10-26(13-19(16)27-11-9-23-15-27)21(22-2)24-12-18-14-28-20(25-18)17-6-4-3-5-7-17;/h3-7,9,11,14-16,19H,8,10,12-13H2,1-2H3,(H,22,24);1H. The summed E-state index contributed by atoms with van der Waals surface area (Å²) in [7, 11) is 1.82. The van der Waals surface area contributed by atoms with Crippen LogP contribution >= 0.6 is 24.0 Å². The molecule has 3 heterocycles. The van der Waals surface area contributed by atoms with Crippen molar-refractivity contribution in [1.29, 1.82) is 0 Å². The molecular formula is C21H27IN6O. The zero-order chi connectivity index (χ0) is 19.3. The molecule has 1 aliphatic rings. The van der Waals surface area contributed by atoms with E-state index in [0.29, 0.717) is 24.4 Å². The molecule has 1 fully saturated rings. The minimum atomic E-state index is 0. The second kappa shape index (κ2) is 9.91. The van der Waals surface area contributed by atoms with Crippen LogP contribution in [0.4, 0.5) is 0 Å². The molecule has 7 nitrogen and oxygen atoms in total. The molecule has 2 unspecified atom stereocenters. The van der Waals surface area contributed by atoms with E-state index in [4.69, 9.17) is 4.42 Å². The van der Waals surface area contributed by atoms with E-state index in [-0.39, 0.29) is 24.0 Å². The third-order valence-electron chi connectivity index (χ3n) is 5.34. The van der Waals surface area contributed by atoms with Gasteiger partial charge in [-0.15, -0.1) is 24.0 Å². The molecule has 1 aromatic carbocycles. The smallest absolute Gasteiger partial charge is 0.226 e. The lowest BCUT2D eigenvalue weighted by molar-refractivity contribution is 0.189. The van der Waals surface area contributed by atoms with E-state index in [1.165, 1.54) is 0 Å². The Morgan fingerprint density at radius 2 is 2.14 bits per heavy atom. The fourth-order valence-corrected chi connectivity index (χ4v) is 3.70. The molecule has 4 rings (SSSR count). The van der Waals surface area contributed by atoms with E-state index < -0.39 is 0 Å². The second-order valence-electron chi connectivity index (χ2n) is 7.20. The van der Waals surface area contributed by atoms with Gasteiger partial charge in [-0.05, 0) is 24.5 Å². The van der Waals surface area contributed by atoms with Crippen LogP contribution in [0.1, 0.15) is 25.1 Å². The number of aliphatic imine (C=N–C) groups is 1. The molecule has 1 N–H and O–H groups in total. The van der Waals surface area contributed by atoms with Crippen molar-refractivity contribution in [2.75, 3.05) is 20.1 Å². The predicted molar refractivity (Wildman–Crippen MR) is 124 cm³/mol. The number of hydrogen-bond donors (Lipinski definition) is 1. The topological polar surface area (TPSA) is 71.5 Å². The molecule has 0 spiro atoms. The number of hydrogen-bond acceptors (Lipinski definition) is 4. The van der Waals surface area contributed by atoms with Gasteiger partial charge in [-0.1, -0.05) is 25.1 Å². The summed E-state index contributed by atoms with van der Waals surface area (Å²) in [5.74, 6) is 2.13. The Hall–Kier alpha value is -2.36. The number of benzene rings is 1. The van der Waals surface area contributed by atoms with Gasteiger partial charge in [-0.25, -0.2) is 9.97 Å². The van der Waals surface area contributed by atoms with Crippen LogP contribution < -0.4 is 5.32 Å². The SMILES string of the molecule is CN=C(NCc1coc(-c2ccccc2)n1)N1CCC(C)C(n2ccnc2)C1.I. The van der Waals surface area contributed by atoms with Crippen LogP contribution in [0.5, 0.6) is 0 Å².